The Morgan fingerprint density at radius 2 is 1.84 bits per heavy atom. The summed E-state index contributed by atoms with van der Waals surface area (Å²) in [6.45, 7) is 4.63. The van der Waals surface area contributed by atoms with E-state index in [1.807, 2.05) is 38.1 Å². The summed E-state index contributed by atoms with van der Waals surface area (Å²) in [7, 11) is 0. The van der Waals surface area contributed by atoms with Gasteiger partial charge < -0.3 is 10.1 Å². The van der Waals surface area contributed by atoms with Crippen LogP contribution in [0.5, 0.6) is 0 Å². The van der Waals surface area contributed by atoms with Gasteiger partial charge >= 0.3 is 6.18 Å². The van der Waals surface area contributed by atoms with Gasteiger partial charge in [-0.1, -0.05) is 36.8 Å². The van der Waals surface area contributed by atoms with Gasteiger partial charge in [0.1, 0.15) is 0 Å². The first-order valence-electron chi connectivity index (χ1n) is 6.37. The average Bonchev–Trinajstić information content (AvgIpc) is 2.33. The Morgan fingerprint density at radius 3 is 2.37 bits per heavy atom. The summed E-state index contributed by atoms with van der Waals surface area (Å²) in [6, 6.07) is 7.83. The highest BCUT2D eigenvalue weighted by atomic mass is 19.4. The molecule has 1 aromatic rings. The molecular formula is C14H20F3NO. The van der Waals surface area contributed by atoms with E-state index < -0.39 is 12.6 Å². The summed E-state index contributed by atoms with van der Waals surface area (Å²) in [6.07, 6.45) is -5.06. The van der Waals surface area contributed by atoms with Crippen LogP contribution in [0.3, 0.4) is 0 Å². The molecule has 1 N–H and O–H groups in total. The number of alkyl halides is 3. The smallest absolute Gasteiger partial charge is 0.379 e. The number of aryl methyl sites for hydroxylation is 1. The molecule has 1 atom stereocenters. The first-order valence-corrected chi connectivity index (χ1v) is 6.37. The van der Waals surface area contributed by atoms with Gasteiger partial charge in [-0.2, -0.15) is 13.2 Å². The van der Waals surface area contributed by atoms with E-state index in [4.69, 9.17) is 4.74 Å². The van der Waals surface area contributed by atoms with Crippen LogP contribution in [0.4, 0.5) is 13.2 Å². The SMILES string of the molecule is CCNC(COCCC(F)(F)F)c1ccc(C)cc1. The van der Waals surface area contributed by atoms with Gasteiger partial charge in [0, 0.05) is 0 Å². The van der Waals surface area contributed by atoms with Gasteiger partial charge in [0.2, 0.25) is 0 Å². The fraction of sp³-hybridized carbons (Fsp3) is 0.571. The van der Waals surface area contributed by atoms with Gasteiger partial charge in [-0.25, -0.2) is 0 Å². The van der Waals surface area contributed by atoms with Crippen molar-refractivity contribution in [3.05, 3.63) is 35.4 Å². The summed E-state index contributed by atoms with van der Waals surface area (Å²) >= 11 is 0. The van der Waals surface area contributed by atoms with Crippen molar-refractivity contribution >= 4 is 0 Å². The van der Waals surface area contributed by atoms with E-state index in [1.54, 1.807) is 0 Å². The maximum Gasteiger partial charge on any atom is 0.391 e. The van der Waals surface area contributed by atoms with Crippen LogP contribution < -0.4 is 5.32 Å². The van der Waals surface area contributed by atoms with Crippen LogP contribution in [0.15, 0.2) is 24.3 Å². The number of hydrogen-bond acceptors (Lipinski definition) is 2. The molecule has 0 bridgehead atoms. The number of likely N-dealkylation sites (N-methyl/N-ethyl adjacent to an activating group) is 1. The summed E-state index contributed by atoms with van der Waals surface area (Å²) in [5.41, 5.74) is 2.18. The molecule has 0 heterocycles. The molecule has 0 aromatic heterocycles. The third-order valence-corrected chi connectivity index (χ3v) is 2.74. The molecular weight excluding hydrogens is 255 g/mol. The predicted octanol–water partition coefficient (Wildman–Crippen LogP) is 3.61. The standard InChI is InChI=1S/C14H20F3NO/c1-3-18-13(10-19-9-8-14(15,16)17)12-6-4-11(2)5-7-12/h4-7,13,18H,3,8-10H2,1-2H3. The Morgan fingerprint density at radius 1 is 1.21 bits per heavy atom. The van der Waals surface area contributed by atoms with Crippen LogP contribution in [0.2, 0.25) is 0 Å². The first kappa shape index (κ1) is 16.0. The van der Waals surface area contributed by atoms with Crippen LogP contribution >= 0.6 is 0 Å². The van der Waals surface area contributed by atoms with Gasteiger partial charge in [-0.15, -0.1) is 0 Å². The Balaban J connectivity index is 2.47. The maximum absolute atomic E-state index is 12.0. The van der Waals surface area contributed by atoms with Crippen LogP contribution in [-0.2, 0) is 4.74 Å². The predicted molar refractivity (Wildman–Crippen MR) is 69.1 cm³/mol. The molecule has 0 aliphatic heterocycles. The van der Waals surface area contributed by atoms with E-state index in [2.05, 4.69) is 5.32 Å². The topological polar surface area (TPSA) is 21.3 Å². The number of halogens is 3. The minimum Gasteiger partial charge on any atom is -0.379 e. The molecule has 5 heteroatoms. The van der Waals surface area contributed by atoms with Crippen molar-refractivity contribution in [3.63, 3.8) is 0 Å². The molecule has 0 amide bonds. The van der Waals surface area contributed by atoms with Crippen molar-refractivity contribution in [1.29, 1.82) is 0 Å². The fourth-order valence-electron chi connectivity index (χ4n) is 1.71. The lowest BCUT2D eigenvalue weighted by Crippen LogP contribution is -2.26. The molecule has 1 rings (SSSR count). The lowest BCUT2D eigenvalue weighted by atomic mass is 10.1. The fourth-order valence-corrected chi connectivity index (χ4v) is 1.71. The maximum atomic E-state index is 12.0. The Kier molecular flexibility index (Phi) is 6.31. The third-order valence-electron chi connectivity index (χ3n) is 2.74. The van der Waals surface area contributed by atoms with Gasteiger partial charge in [0.25, 0.3) is 0 Å². The number of ether oxygens (including phenoxy) is 1. The average molecular weight is 275 g/mol. The van der Waals surface area contributed by atoms with E-state index in [0.717, 1.165) is 17.7 Å². The second-order valence-corrected chi connectivity index (χ2v) is 4.46. The van der Waals surface area contributed by atoms with Crippen molar-refractivity contribution in [2.75, 3.05) is 19.8 Å². The van der Waals surface area contributed by atoms with E-state index in [9.17, 15) is 13.2 Å². The molecule has 0 spiro atoms. The second-order valence-electron chi connectivity index (χ2n) is 4.46. The van der Waals surface area contributed by atoms with Gasteiger partial charge in [0.15, 0.2) is 0 Å². The third kappa shape index (κ3) is 6.59. The monoisotopic (exact) mass is 275 g/mol. The van der Waals surface area contributed by atoms with Crippen molar-refractivity contribution in [1.82, 2.24) is 5.32 Å². The summed E-state index contributed by atoms with van der Waals surface area (Å²) in [5, 5.41) is 3.21. The molecule has 2 nitrogen and oxygen atoms in total. The second kappa shape index (κ2) is 7.50. The highest BCUT2D eigenvalue weighted by Crippen LogP contribution is 2.20. The number of nitrogens with one attached hydrogen (secondary N) is 1. The summed E-state index contributed by atoms with van der Waals surface area (Å²) in [4.78, 5) is 0. The minimum atomic E-state index is -4.16. The molecule has 108 valence electrons. The molecule has 0 saturated heterocycles. The lowest BCUT2D eigenvalue weighted by Gasteiger charge is -2.19. The van der Waals surface area contributed by atoms with Crippen molar-refractivity contribution in [2.45, 2.75) is 32.5 Å². The first-order chi connectivity index (χ1) is 8.92. The van der Waals surface area contributed by atoms with E-state index in [1.165, 1.54) is 0 Å². The number of hydrogen-bond donors (Lipinski definition) is 1. The Labute approximate surface area is 112 Å². The van der Waals surface area contributed by atoms with Crippen LogP contribution in [0.25, 0.3) is 0 Å². The van der Waals surface area contributed by atoms with E-state index in [0.29, 0.717) is 0 Å². The van der Waals surface area contributed by atoms with Crippen molar-refractivity contribution in [3.8, 4) is 0 Å². The number of rotatable bonds is 7. The van der Waals surface area contributed by atoms with Crippen molar-refractivity contribution in [2.24, 2.45) is 0 Å². The summed E-state index contributed by atoms with van der Waals surface area (Å²) < 4.78 is 41.1. The van der Waals surface area contributed by atoms with Crippen LogP contribution in [0.1, 0.15) is 30.5 Å². The lowest BCUT2D eigenvalue weighted by molar-refractivity contribution is -0.145. The van der Waals surface area contributed by atoms with Gasteiger partial charge in [0.05, 0.1) is 25.7 Å². The quantitative estimate of drug-likeness (QED) is 0.767. The zero-order valence-corrected chi connectivity index (χ0v) is 11.3. The molecule has 0 saturated carbocycles. The van der Waals surface area contributed by atoms with Gasteiger partial charge in [-0.3, -0.25) is 0 Å². The molecule has 1 unspecified atom stereocenters. The van der Waals surface area contributed by atoms with Crippen LogP contribution in [0, 0.1) is 6.92 Å². The highest BCUT2D eigenvalue weighted by Gasteiger charge is 2.26. The minimum absolute atomic E-state index is 0.0705. The zero-order chi connectivity index (χ0) is 14.3. The molecule has 0 aliphatic carbocycles. The normalized spacial score (nSPS) is 13.5. The molecule has 0 aliphatic rings. The van der Waals surface area contributed by atoms with Crippen LogP contribution in [-0.4, -0.2) is 25.9 Å². The molecule has 0 radical (unpaired) electrons. The molecule has 0 fully saturated rings. The highest BCUT2D eigenvalue weighted by molar-refractivity contribution is 5.24. The molecule has 19 heavy (non-hydrogen) atoms. The largest absolute Gasteiger partial charge is 0.391 e. The summed E-state index contributed by atoms with van der Waals surface area (Å²) in [5.74, 6) is 0. The zero-order valence-electron chi connectivity index (χ0n) is 11.3. The van der Waals surface area contributed by atoms with Gasteiger partial charge in [-0.05, 0) is 19.0 Å². The Hall–Kier alpha value is -1.07. The molecule has 1 aromatic carbocycles. The Bertz CT molecular complexity index is 362. The van der Waals surface area contributed by atoms with E-state index in [-0.39, 0.29) is 19.3 Å². The number of benzene rings is 1. The van der Waals surface area contributed by atoms with E-state index >= 15 is 0 Å². The van der Waals surface area contributed by atoms with Crippen molar-refractivity contribution < 1.29 is 17.9 Å².